The molecule has 4 heterocycles. The number of rotatable bonds is 1. The Kier molecular flexibility index (Phi) is 3.23. The van der Waals surface area contributed by atoms with Crippen molar-refractivity contribution in [2.45, 2.75) is 13.5 Å². The number of thiophene rings is 1. The van der Waals surface area contributed by atoms with Gasteiger partial charge in [-0.15, -0.1) is 11.3 Å². The Labute approximate surface area is 155 Å². The van der Waals surface area contributed by atoms with Crippen molar-refractivity contribution in [1.82, 2.24) is 14.5 Å². The molecule has 5 rings (SSSR count). The van der Waals surface area contributed by atoms with E-state index in [0.717, 1.165) is 54.1 Å². The van der Waals surface area contributed by atoms with Crippen LogP contribution in [-0.4, -0.2) is 21.1 Å². The van der Waals surface area contributed by atoms with Gasteiger partial charge < -0.3 is 5.32 Å². The lowest BCUT2D eigenvalue weighted by Gasteiger charge is -2.06. The topological polar surface area (TPSA) is 59.8 Å². The summed E-state index contributed by atoms with van der Waals surface area (Å²) in [6.45, 7) is 3.42. The van der Waals surface area contributed by atoms with Crippen molar-refractivity contribution < 1.29 is 0 Å². The summed E-state index contributed by atoms with van der Waals surface area (Å²) >= 11 is 5.08. The molecule has 0 saturated heterocycles. The van der Waals surface area contributed by atoms with Crippen LogP contribution in [-0.2, 0) is 6.54 Å². The predicted molar refractivity (Wildman–Crippen MR) is 106 cm³/mol. The number of nitrogens with one attached hydrogen (secondary N) is 1. The summed E-state index contributed by atoms with van der Waals surface area (Å²) in [5, 5.41) is 4.29. The second-order valence-electron chi connectivity index (χ2n) is 6.10. The molecule has 0 fully saturated rings. The maximum Gasteiger partial charge on any atom is 0.349 e. The third-order valence-corrected chi connectivity index (χ3v) is 6.08. The number of pyridine rings is 1. The van der Waals surface area contributed by atoms with E-state index in [1.807, 2.05) is 19.1 Å². The first-order valence-corrected chi connectivity index (χ1v) is 9.57. The molecule has 0 saturated carbocycles. The molecule has 1 aliphatic heterocycles. The number of halogens is 1. The Bertz CT molecular complexity index is 1210. The minimum absolute atomic E-state index is 0.200. The molecule has 7 heteroatoms. The van der Waals surface area contributed by atoms with Crippen LogP contribution in [0.5, 0.6) is 0 Å². The second-order valence-corrected chi connectivity index (χ2v) is 8.01. The van der Waals surface area contributed by atoms with Gasteiger partial charge in [0.2, 0.25) is 0 Å². The molecule has 3 aromatic heterocycles. The molecule has 4 aromatic rings. The summed E-state index contributed by atoms with van der Waals surface area (Å²) in [5.41, 5.74) is 3.66. The lowest BCUT2D eigenvalue weighted by Crippen LogP contribution is -2.20. The number of fused-ring (bicyclic) bond motifs is 5. The van der Waals surface area contributed by atoms with Crippen LogP contribution in [0.25, 0.3) is 31.6 Å². The Morgan fingerprint density at radius 3 is 2.84 bits per heavy atom. The van der Waals surface area contributed by atoms with Gasteiger partial charge in [-0.2, -0.15) is 4.98 Å². The highest BCUT2D eigenvalue weighted by atomic mass is 79.9. The SMILES string of the molecule is Cc1cc(-c2ccc(Br)cc2)c2c(n1)sc1c3n(c(=O)nc12)CCN3. The van der Waals surface area contributed by atoms with Crippen LogP contribution in [0.4, 0.5) is 5.82 Å². The Morgan fingerprint density at radius 1 is 1.24 bits per heavy atom. The normalized spacial score (nSPS) is 13.4. The third-order valence-electron chi connectivity index (χ3n) is 4.47. The van der Waals surface area contributed by atoms with E-state index < -0.39 is 0 Å². The fraction of sp³-hybridized carbons (Fsp3) is 0.167. The van der Waals surface area contributed by atoms with Crippen molar-refractivity contribution in [3.05, 3.63) is 51.0 Å². The van der Waals surface area contributed by atoms with Crippen LogP contribution in [0.1, 0.15) is 5.69 Å². The van der Waals surface area contributed by atoms with Crippen molar-refractivity contribution in [1.29, 1.82) is 0 Å². The van der Waals surface area contributed by atoms with Crippen LogP contribution in [0.3, 0.4) is 0 Å². The molecule has 124 valence electrons. The van der Waals surface area contributed by atoms with E-state index in [-0.39, 0.29) is 5.69 Å². The van der Waals surface area contributed by atoms with Crippen LogP contribution < -0.4 is 11.0 Å². The van der Waals surface area contributed by atoms with Crippen LogP contribution in [0.2, 0.25) is 0 Å². The lowest BCUT2D eigenvalue weighted by atomic mass is 10.0. The number of hydrogen-bond acceptors (Lipinski definition) is 5. The summed E-state index contributed by atoms with van der Waals surface area (Å²) in [4.78, 5) is 22.4. The molecule has 0 unspecified atom stereocenters. The predicted octanol–water partition coefficient (Wildman–Crippen LogP) is 4.17. The van der Waals surface area contributed by atoms with E-state index in [1.165, 1.54) is 0 Å². The van der Waals surface area contributed by atoms with Crippen molar-refractivity contribution >= 4 is 53.5 Å². The Balaban J connectivity index is 1.94. The van der Waals surface area contributed by atoms with Gasteiger partial charge in [0.15, 0.2) is 0 Å². The lowest BCUT2D eigenvalue weighted by molar-refractivity contribution is 0.751. The molecule has 25 heavy (non-hydrogen) atoms. The van der Waals surface area contributed by atoms with Crippen molar-refractivity contribution in [2.75, 3.05) is 11.9 Å². The van der Waals surface area contributed by atoms with Crippen LogP contribution in [0, 0.1) is 6.92 Å². The summed E-state index contributed by atoms with van der Waals surface area (Å²) in [7, 11) is 0. The monoisotopic (exact) mass is 412 g/mol. The minimum Gasteiger partial charge on any atom is -0.368 e. The van der Waals surface area contributed by atoms with Gasteiger partial charge in [-0.3, -0.25) is 4.57 Å². The molecule has 1 N–H and O–H groups in total. The number of benzene rings is 1. The number of anilines is 1. The Hall–Kier alpha value is -2.25. The zero-order valence-corrected chi connectivity index (χ0v) is 15.7. The fourth-order valence-electron chi connectivity index (χ4n) is 3.37. The van der Waals surface area contributed by atoms with Crippen LogP contribution in [0.15, 0.2) is 39.6 Å². The van der Waals surface area contributed by atoms with Crippen molar-refractivity contribution in [3.8, 4) is 11.1 Å². The van der Waals surface area contributed by atoms with Crippen molar-refractivity contribution in [3.63, 3.8) is 0 Å². The standard InChI is InChI=1S/C18H13BrN4OS/c1-9-8-12(10-2-4-11(19)5-3-10)13-14-15(25-17(13)21-9)16-20-6-7-23(16)18(24)22-14/h2-5,8,20H,6-7H2,1H3. The zero-order valence-electron chi connectivity index (χ0n) is 13.3. The van der Waals surface area contributed by atoms with Crippen molar-refractivity contribution in [2.24, 2.45) is 0 Å². The average molecular weight is 413 g/mol. The molecule has 0 aliphatic carbocycles. The molecule has 0 bridgehead atoms. The fourth-order valence-corrected chi connectivity index (χ4v) is 4.85. The summed E-state index contributed by atoms with van der Waals surface area (Å²) in [5.74, 6) is 0.873. The molecule has 0 amide bonds. The van der Waals surface area contributed by atoms with Gasteiger partial charge in [-0.1, -0.05) is 28.1 Å². The quantitative estimate of drug-likeness (QED) is 0.509. The smallest absolute Gasteiger partial charge is 0.349 e. The van der Waals surface area contributed by atoms with E-state index in [1.54, 1.807) is 15.9 Å². The van der Waals surface area contributed by atoms with E-state index in [2.05, 4.69) is 44.4 Å². The second kappa shape index (κ2) is 5.37. The first-order chi connectivity index (χ1) is 12.1. The Morgan fingerprint density at radius 2 is 2.04 bits per heavy atom. The summed E-state index contributed by atoms with van der Waals surface area (Å²) < 4.78 is 3.75. The van der Waals surface area contributed by atoms with Gasteiger partial charge in [-0.05, 0) is 36.2 Å². The largest absolute Gasteiger partial charge is 0.368 e. The summed E-state index contributed by atoms with van der Waals surface area (Å²) in [6, 6.07) is 10.2. The van der Waals surface area contributed by atoms with Gasteiger partial charge in [0.1, 0.15) is 16.2 Å². The summed E-state index contributed by atoms with van der Waals surface area (Å²) in [6.07, 6.45) is 0. The first kappa shape index (κ1) is 15.0. The molecule has 1 aliphatic rings. The average Bonchev–Trinajstić information content (AvgIpc) is 3.20. The molecule has 5 nitrogen and oxygen atoms in total. The van der Waals surface area contributed by atoms with E-state index >= 15 is 0 Å². The van der Waals surface area contributed by atoms with Gasteiger partial charge in [-0.25, -0.2) is 9.78 Å². The van der Waals surface area contributed by atoms with Gasteiger partial charge in [0.05, 0.1) is 4.70 Å². The highest BCUT2D eigenvalue weighted by Gasteiger charge is 2.22. The maximum absolute atomic E-state index is 12.4. The molecular formula is C18H13BrN4OS. The minimum atomic E-state index is -0.200. The highest BCUT2D eigenvalue weighted by molar-refractivity contribution is 9.10. The van der Waals surface area contributed by atoms with Gasteiger partial charge in [0.25, 0.3) is 0 Å². The zero-order chi connectivity index (χ0) is 17.1. The van der Waals surface area contributed by atoms with Gasteiger partial charge in [0, 0.05) is 28.6 Å². The van der Waals surface area contributed by atoms with E-state index in [0.29, 0.717) is 6.54 Å². The molecule has 0 radical (unpaired) electrons. The number of hydrogen-bond donors (Lipinski definition) is 1. The molecule has 0 spiro atoms. The molecular weight excluding hydrogens is 400 g/mol. The highest BCUT2D eigenvalue weighted by Crippen LogP contribution is 2.41. The number of aryl methyl sites for hydroxylation is 1. The number of nitrogens with zero attached hydrogens (tertiary/aromatic N) is 3. The third kappa shape index (κ3) is 2.22. The van der Waals surface area contributed by atoms with Gasteiger partial charge >= 0.3 is 5.69 Å². The molecule has 0 atom stereocenters. The van der Waals surface area contributed by atoms with Crippen LogP contribution >= 0.6 is 27.3 Å². The maximum atomic E-state index is 12.4. The molecule has 1 aromatic carbocycles. The van der Waals surface area contributed by atoms with E-state index in [4.69, 9.17) is 4.98 Å². The number of aromatic nitrogens is 3. The van der Waals surface area contributed by atoms with E-state index in [9.17, 15) is 4.79 Å². The first-order valence-electron chi connectivity index (χ1n) is 7.96.